The van der Waals surface area contributed by atoms with Crippen molar-refractivity contribution in [3.8, 4) is 0 Å². The fraction of sp³-hybridized carbons (Fsp3) is 0.188. The van der Waals surface area contributed by atoms with Gasteiger partial charge < -0.3 is 9.15 Å². The molecule has 0 radical (unpaired) electrons. The Kier molecular flexibility index (Phi) is 4.00. The number of fused-ring (bicyclic) bond motifs is 1. The van der Waals surface area contributed by atoms with Crippen molar-refractivity contribution in [2.24, 2.45) is 0 Å². The van der Waals surface area contributed by atoms with E-state index in [-0.39, 0.29) is 25.5 Å². The number of ether oxygens (including phenoxy) is 1. The van der Waals surface area contributed by atoms with Crippen LogP contribution >= 0.6 is 0 Å². The Hall–Kier alpha value is -2.89. The van der Waals surface area contributed by atoms with Gasteiger partial charge in [-0.3, -0.25) is 14.3 Å². The number of hydrogen-bond acceptors (Lipinski definition) is 5. The first-order chi connectivity index (χ1) is 10.7. The van der Waals surface area contributed by atoms with Crippen LogP contribution in [0.2, 0.25) is 0 Å². The quantitative estimate of drug-likeness (QED) is 0.674. The third-order valence-electron chi connectivity index (χ3n) is 3.24. The highest BCUT2D eigenvalue weighted by atomic mass is 16.5. The summed E-state index contributed by atoms with van der Waals surface area (Å²) in [4.78, 5) is 27.5. The highest BCUT2D eigenvalue weighted by molar-refractivity contribution is 5.73. The van der Waals surface area contributed by atoms with Gasteiger partial charge in [0.1, 0.15) is 6.61 Å². The Morgan fingerprint density at radius 1 is 1.23 bits per heavy atom. The van der Waals surface area contributed by atoms with Crippen molar-refractivity contribution < 1.29 is 13.9 Å². The second kappa shape index (κ2) is 6.26. The van der Waals surface area contributed by atoms with Gasteiger partial charge in [0.15, 0.2) is 5.58 Å². The molecule has 0 fully saturated rings. The van der Waals surface area contributed by atoms with Gasteiger partial charge in [-0.1, -0.05) is 18.2 Å². The molecule has 6 nitrogen and oxygen atoms in total. The molecule has 1 aromatic carbocycles. The van der Waals surface area contributed by atoms with Crippen LogP contribution in [-0.4, -0.2) is 15.5 Å². The zero-order chi connectivity index (χ0) is 15.4. The minimum absolute atomic E-state index is 0.101. The van der Waals surface area contributed by atoms with Gasteiger partial charge in [-0.25, -0.2) is 4.79 Å². The third kappa shape index (κ3) is 3.06. The maximum Gasteiger partial charge on any atom is 0.419 e. The Labute approximate surface area is 126 Å². The fourth-order valence-corrected chi connectivity index (χ4v) is 2.15. The summed E-state index contributed by atoms with van der Waals surface area (Å²) >= 11 is 0. The van der Waals surface area contributed by atoms with Gasteiger partial charge >= 0.3 is 11.7 Å². The van der Waals surface area contributed by atoms with Crippen LogP contribution in [0.1, 0.15) is 12.0 Å². The smallest absolute Gasteiger partial charge is 0.419 e. The number of rotatable bonds is 5. The summed E-state index contributed by atoms with van der Waals surface area (Å²) in [6, 6.07) is 10.7. The molecule has 0 atom stereocenters. The van der Waals surface area contributed by atoms with Gasteiger partial charge in [0.05, 0.1) is 11.9 Å². The minimum atomic E-state index is -0.471. The van der Waals surface area contributed by atoms with E-state index in [9.17, 15) is 9.59 Å². The van der Waals surface area contributed by atoms with Crippen LogP contribution in [0, 0.1) is 0 Å². The van der Waals surface area contributed by atoms with Crippen molar-refractivity contribution in [1.82, 2.24) is 9.55 Å². The van der Waals surface area contributed by atoms with Crippen LogP contribution in [0.3, 0.4) is 0 Å². The second-order valence-electron chi connectivity index (χ2n) is 4.76. The number of aryl methyl sites for hydroxylation is 1. The summed E-state index contributed by atoms with van der Waals surface area (Å²) in [5.41, 5.74) is 2.01. The third-order valence-corrected chi connectivity index (χ3v) is 3.24. The normalized spacial score (nSPS) is 10.7. The summed E-state index contributed by atoms with van der Waals surface area (Å²) < 4.78 is 11.7. The number of oxazole rings is 1. The molecule has 0 aliphatic carbocycles. The van der Waals surface area contributed by atoms with Crippen molar-refractivity contribution in [1.29, 1.82) is 0 Å². The molecule has 0 aliphatic heterocycles. The number of benzene rings is 1. The minimum Gasteiger partial charge on any atom is -0.461 e. The van der Waals surface area contributed by atoms with Crippen LogP contribution in [0.25, 0.3) is 11.1 Å². The molecule has 0 unspecified atom stereocenters. The van der Waals surface area contributed by atoms with E-state index in [0.29, 0.717) is 11.1 Å². The van der Waals surface area contributed by atoms with Crippen LogP contribution in [0.4, 0.5) is 0 Å². The Morgan fingerprint density at radius 3 is 2.91 bits per heavy atom. The summed E-state index contributed by atoms with van der Waals surface area (Å²) in [7, 11) is 0. The molecule has 2 aromatic heterocycles. The molecule has 0 spiro atoms. The maximum absolute atomic E-state index is 11.8. The van der Waals surface area contributed by atoms with Gasteiger partial charge in [-0.2, -0.15) is 0 Å². The van der Waals surface area contributed by atoms with Gasteiger partial charge in [0.25, 0.3) is 0 Å². The molecule has 0 saturated heterocycles. The number of carbonyl (C=O) groups excluding carboxylic acids is 1. The van der Waals surface area contributed by atoms with Gasteiger partial charge in [-0.05, 0) is 18.2 Å². The molecule has 112 valence electrons. The van der Waals surface area contributed by atoms with Crippen LogP contribution < -0.4 is 5.76 Å². The lowest BCUT2D eigenvalue weighted by Crippen LogP contribution is -2.17. The molecule has 0 saturated carbocycles. The summed E-state index contributed by atoms with van der Waals surface area (Å²) in [5, 5.41) is 0. The Morgan fingerprint density at radius 2 is 2.09 bits per heavy atom. The zero-order valence-corrected chi connectivity index (χ0v) is 11.8. The average molecular weight is 298 g/mol. The van der Waals surface area contributed by atoms with Crippen molar-refractivity contribution in [2.45, 2.75) is 19.6 Å². The first-order valence-corrected chi connectivity index (χ1v) is 6.87. The van der Waals surface area contributed by atoms with Crippen LogP contribution in [-0.2, 0) is 22.7 Å². The van der Waals surface area contributed by atoms with Crippen molar-refractivity contribution in [3.63, 3.8) is 0 Å². The van der Waals surface area contributed by atoms with Crippen molar-refractivity contribution in [3.05, 3.63) is 64.9 Å². The number of para-hydroxylation sites is 2. The topological polar surface area (TPSA) is 74.3 Å². The Bertz CT molecular complexity index is 836. The lowest BCUT2D eigenvalue weighted by molar-refractivity contribution is -0.145. The molecular formula is C16H14N2O4. The molecule has 0 amide bonds. The van der Waals surface area contributed by atoms with E-state index < -0.39 is 5.76 Å². The van der Waals surface area contributed by atoms with Crippen molar-refractivity contribution >= 4 is 17.1 Å². The van der Waals surface area contributed by atoms with Gasteiger partial charge in [-0.15, -0.1) is 0 Å². The SMILES string of the molecule is O=C(CCn1c(=O)oc2ccccc21)OCc1cccnc1. The highest BCUT2D eigenvalue weighted by Crippen LogP contribution is 2.12. The largest absolute Gasteiger partial charge is 0.461 e. The lowest BCUT2D eigenvalue weighted by Gasteiger charge is -2.05. The molecule has 22 heavy (non-hydrogen) atoms. The van der Waals surface area contributed by atoms with Crippen LogP contribution in [0.5, 0.6) is 0 Å². The molecule has 3 aromatic rings. The van der Waals surface area contributed by atoms with Gasteiger partial charge in [0.2, 0.25) is 0 Å². The Balaban J connectivity index is 1.61. The number of esters is 1. The van der Waals surface area contributed by atoms with E-state index >= 15 is 0 Å². The average Bonchev–Trinajstić information content (AvgIpc) is 2.87. The highest BCUT2D eigenvalue weighted by Gasteiger charge is 2.11. The summed E-state index contributed by atoms with van der Waals surface area (Å²) in [6.45, 7) is 0.398. The first-order valence-electron chi connectivity index (χ1n) is 6.87. The lowest BCUT2D eigenvalue weighted by atomic mass is 10.3. The predicted octanol–water partition coefficient (Wildman–Crippen LogP) is 2.12. The summed E-state index contributed by atoms with van der Waals surface area (Å²) in [5.74, 6) is -0.845. The zero-order valence-electron chi connectivity index (χ0n) is 11.8. The first kappa shape index (κ1) is 14.1. The predicted molar refractivity (Wildman–Crippen MR) is 79.1 cm³/mol. The molecule has 0 aliphatic rings. The van der Waals surface area contributed by atoms with E-state index in [0.717, 1.165) is 5.56 Å². The number of aromatic nitrogens is 2. The van der Waals surface area contributed by atoms with E-state index in [1.165, 1.54) is 4.57 Å². The van der Waals surface area contributed by atoms with E-state index in [1.54, 1.807) is 36.7 Å². The number of pyridine rings is 1. The maximum atomic E-state index is 11.8. The summed E-state index contributed by atoms with van der Waals surface area (Å²) in [6.07, 6.45) is 3.40. The number of carbonyl (C=O) groups is 1. The van der Waals surface area contributed by atoms with Gasteiger partial charge in [0, 0.05) is 24.5 Å². The molecule has 2 heterocycles. The number of nitrogens with zero attached hydrogens (tertiary/aromatic N) is 2. The molecule has 3 rings (SSSR count). The van der Waals surface area contributed by atoms with E-state index in [1.807, 2.05) is 12.1 Å². The molecule has 0 bridgehead atoms. The van der Waals surface area contributed by atoms with E-state index in [2.05, 4.69) is 4.98 Å². The molecule has 6 heteroatoms. The number of hydrogen-bond donors (Lipinski definition) is 0. The van der Waals surface area contributed by atoms with E-state index in [4.69, 9.17) is 9.15 Å². The molecular weight excluding hydrogens is 284 g/mol. The fourth-order valence-electron chi connectivity index (χ4n) is 2.15. The van der Waals surface area contributed by atoms with Crippen molar-refractivity contribution in [2.75, 3.05) is 0 Å². The molecule has 0 N–H and O–H groups in total. The monoisotopic (exact) mass is 298 g/mol. The standard InChI is InChI=1S/C16H14N2O4/c19-15(21-11-12-4-3-8-17-10-12)7-9-18-13-5-1-2-6-14(13)22-16(18)20/h1-6,8,10H,7,9,11H2. The van der Waals surface area contributed by atoms with Crippen LogP contribution in [0.15, 0.2) is 58.0 Å². The second-order valence-corrected chi connectivity index (χ2v) is 4.76.